The van der Waals surface area contributed by atoms with Crippen LogP contribution in [-0.4, -0.2) is 36.1 Å². The van der Waals surface area contributed by atoms with Crippen LogP contribution in [0.15, 0.2) is 0 Å². The highest BCUT2D eigenvalue weighted by atomic mass is 35.5. The SMILES string of the molecule is NC(CO)C(=O)NCCCl. The van der Waals surface area contributed by atoms with Crippen LogP contribution in [0.2, 0.25) is 0 Å². The van der Waals surface area contributed by atoms with E-state index in [0.717, 1.165) is 0 Å². The first-order chi connectivity index (χ1) is 4.72. The first-order valence-electron chi connectivity index (χ1n) is 2.92. The van der Waals surface area contributed by atoms with Crippen molar-refractivity contribution in [1.82, 2.24) is 5.32 Å². The van der Waals surface area contributed by atoms with Crippen molar-refractivity contribution in [3.8, 4) is 0 Å². The highest BCUT2D eigenvalue weighted by molar-refractivity contribution is 6.18. The third-order valence-electron chi connectivity index (χ3n) is 0.927. The number of hydrogen-bond acceptors (Lipinski definition) is 3. The lowest BCUT2D eigenvalue weighted by atomic mass is 10.3. The van der Waals surface area contributed by atoms with Gasteiger partial charge in [0.2, 0.25) is 5.91 Å². The Morgan fingerprint density at radius 3 is 2.80 bits per heavy atom. The summed E-state index contributed by atoms with van der Waals surface area (Å²) in [5, 5.41) is 10.8. The number of carbonyl (C=O) groups excluding carboxylic acids is 1. The molecule has 10 heavy (non-hydrogen) atoms. The molecule has 1 amide bonds. The summed E-state index contributed by atoms with van der Waals surface area (Å²) in [5.41, 5.74) is 5.15. The number of aliphatic hydroxyl groups excluding tert-OH is 1. The van der Waals surface area contributed by atoms with Crippen molar-refractivity contribution in [2.45, 2.75) is 6.04 Å². The zero-order valence-corrected chi connectivity index (χ0v) is 6.27. The summed E-state index contributed by atoms with van der Waals surface area (Å²) < 4.78 is 0. The first-order valence-corrected chi connectivity index (χ1v) is 3.46. The van der Waals surface area contributed by atoms with Gasteiger partial charge in [0.25, 0.3) is 0 Å². The van der Waals surface area contributed by atoms with Gasteiger partial charge in [0.05, 0.1) is 6.61 Å². The lowest BCUT2D eigenvalue weighted by Crippen LogP contribution is -2.43. The summed E-state index contributed by atoms with van der Waals surface area (Å²) in [6.45, 7) is 0.0439. The summed E-state index contributed by atoms with van der Waals surface area (Å²) >= 11 is 5.28. The molecular formula is C5H11ClN2O2. The molecule has 0 aliphatic heterocycles. The van der Waals surface area contributed by atoms with E-state index in [0.29, 0.717) is 12.4 Å². The fraction of sp³-hybridized carbons (Fsp3) is 0.800. The number of alkyl halides is 1. The molecule has 0 aromatic rings. The summed E-state index contributed by atoms with van der Waals surface area (Å²) in [4.78, 5) is 10.7. The third kappa shape index (κ3) is 3.66. The van der Waals surface area contributed by atoms with Crippen LogP contribution < -0.4 is 11.1 Å². The van der Waals surface area contributed by atoms with Crippen molar-refractivity contribution in [2.24, 2.45) is 5.73 Å². The summed E-state index contributed by atoms with van der Waals surface area (Å²) in [7, 11) is 0. The van der Waals surface area contributed by atoms with Crippen LogP contribution in [0, 0.1) is 0 Å². The fourth-order valence-corrected chi connectivity index (χ4v) is 0.479. The van der Waals surface area contributed by atoms with Crippen LogP contribution in [0.5, 0.6) is 0 Å². The van der Waals surface area contributed by atoms with E-state index in [2.05, 4.69) is 5.32 Å². The van der Waals surface area contributed by atoms with Crippen molar-refractivity contribution < 1.29 is 9.90 Å². The van der Waals surface area contributed by atoms with Gasteiger partial charge in [-0.2, -0.15) is 0 Å². The third-order valence-corrected chi connectivity index (χ3v) is 1.12. The van der Waals surface area contributed by atoms with Gasteiger partial charge in [-0.25, -0.2) is 0 Å². The van der Waals surface area contributed by atoms with E-state index in [4.69, 9.17) is 22.4 Å². The molecule has 0 fully saturated rings. The van der Waals surface area contributed by atoms with Gasteiger partial charge in [-0.15, -0.1) is 11.6 Å². The van der Waals surface area contributed by atoms with E-state index in [1.165, 1.54) is 0 Å². The molecule has 1 atom stereocenters. The zero-order valence-electron chi connectivity index (χ0n) is 5.51. The fourth-order valence-electron chi connectivity index (χ4n) is 0.384. The Labute approximate surface area is 64.3 Å². The van der Waals surface area contributed by atoms with Gasteiger partial charge >= 0.3 is 0 Å². The number of amides is 1. The molecule has 0 aliphatic rings. The molecule has 0 saturated heterocycles. The molecule has 0 radical (unpaired) electrons. The molecule has 0 heterocycles. The van der Waals surface area contributed by atoms with E-state index in [1.807, 2.05) is 0 Å². The molecule has 4 nitrogen and oxygen atoms in total. The van der Waals surface area contributed by atoms with E-state index in [1.54, 1.807) is 0 Å². The Morgan fingerprint density at radius 2 is 2.40 bits per heavy atom. The second kappa shape index (κ2) is 5.46. The quantitative estimate of drug-likeness (QED) is 0.453. The molecule has 0 aromatic carbocycles. The molecule has 0 rings (SSSR count). The lowest BCUT2D eigenvalue weighted by molar-refractivity contribution is -0.123. The molecule has 0 aliphatic carbocycles. The molecule has 0 aromatic heterocycles. The second-order valence-corrected chi connectivity index (χ2v) is 2.15. The molecular weight excluding hydrogens is 156 g/mol. The average Bonchev–Trinajstić information content (AvgIpc) is 1.98. The Hall–Kier alpha value is -0.320. The Balaban J connectivity index is 3.42. The van der Waals surface area contributed by atoms with Crippen molar-refractivity contribution in [3.63, 3.8) is 0 Å². The van der Waals surface area contributed by atoms with Gasteiger partial charge < -0.3 is 16.2 Å². The molecule has 0 bridgehead atoms. The standard InChI is InChI=1S/C5H11ClN2O2/c6-1-2-8-5(10)4(7)3-9/h4,9H,1-3,7H2,(H,8,10). The molecule has 0 spiro atoms. The number of halogens is 1. The van der Waals surface area contributed by atoms with Crippen LogP contribution in [0.1, 0.15) is 0 Å². The van der Waals surface area contributed by atoms with E-state index < -0.39 is 6.04 Å². The maximum Gasteiger partial charge on any atom is 0.239 e. The van der Waals surface area contributed by atoms with Crippen LogP contribution >= 0.6 is 11.6 Å². The minimum Gasteiger partial charge on any atom is -0.394 e. The largest absolute Gasteiger partial charge is 0.394 e. The van der Waals surface area contributed by atoms with Gasteiger partial charge in [0.15, 0.2) is 0 Å². The monoisotopic (exact) mass is 166 g/mol. The predicted molar refractivity (Wildman–Crippen MR) is 38.8 cm³/mol. The summed E-state index contributed by atoms with van der Waals surface area (Å²) in [6, 6.07) is -0.830. The van der Waals surface area contributed by atoms with Crippen molar-refractivity contribution in [3.05, 3.63) is 0 Å². The van der Waals surface area contributed by atoms with Crippen LogP contribution in [0.4, 0.5) is 0 Å². The number of rotatable bonds is 4. The molecule has 0 saturated carbocycles. The molecule has 60 valence electrons. The molecule has 4 N–H and O–H groups in total. The van der Waals surface area contributed by atoms with Crippen molar-refractivity contribution in [2.75, 3.05) is 19.0 Å². The lowest BCUT2D eigenvalue weighted by Gasteiger charge is -2.06. The van der Waals surface area contributed by atoms with E-state index in [-0.39, 0.29) is 12.5 Å². The van der Waals surface area contributed by atoms with Gasteiger partial charge in [-0.3, -0.25) is 4.79 Å². The van der Waals surface area contributed by atoms with E-state index >= 15 is 0 Å². The number of hydrogen-bond donors (Lipinski definition) is 3. The zero-order chi connectivity index (χ0) is 7.98. The minimum atomic E-state index is -0.830. The number of carbonyl (C=O) groups is 1. The predicted octanol–water partition coefficient (Wildman–Crippen LogP) is -1.34. The molecule has 1 unspecified atom stereocenters. The minimum absolute atomic E-state index is 0.339. The van der Waals surface area contributed by atoms with Crippen LogP contribution in [0.25, 0.3) is 0 Å². The molecule has 5 heteroatoms. The highest BCUT2D eigenvalue weighted by Crippen LogP contribution is 1.76. The van der Waals surface area contributed by atoms with Crippen molar-refractivity contribution >= 4 is 17.5 Å². The Kier molecular flexibility index (Phi) is 5.29. The van der Waals surface area contributed by atoms with E-state index in [9.17, 15) is 4.79 Å². The summed E-state index contributed by atoms with van der Waals surface area (Å²) in [6.07, 6.45) is 0. The number of nitrogens with one attached hydrogen (secondary N) is 1. The first kappa shape index (κ1) is 9.68. The van der Waals surface area contributed by atoms with Crippen molar-refractivity contribution in [1.29, 1.82) is 0 Å². The number of aliphatic hydroxyl groups is 1. The average molecular weight is 167 g/mol. The van der Waals surface area contributed by atoms with Crippen LogP contribution in [-0.2, 0) is 4.79 Å². The topological polar surface area (TPSA) is 75.3 Å². The normalized spacial score (nSPS) is 12.7. The Morgan fingerprint density at radius 1 is 1.80 bits per heavy atom. The van der Waals surface area contributed by atoms with Gasteiger partial charge in [0.1, 0.15) is 6.04 Å². The maximum absolute atomic E-state index is 10.7. The van der Waals surface area contributed by atoms with Gasteiger partial charge in [-0.1, -0.05) is 0 Å². The summed E-state index contributed by atoms with van der Waals surface area (Å²) in [5.74, 6) is -0.0210. The smallest absolute Gasteiger partial charge is 0.239 e. The maximum atomic E-state index is 10.7. The highest BCUT2D eigenvalue weighted by Gasteiger charge is 2.09. The Bertz CT molecular complexity index is 110. The second-order valence-electron chi connectivity index (χ2n) is 1.77. The van der Waals surface area contributed by atoms with Gasteiger partial charge in [0, 0.05) is 12.4 Å². The van der Waals surface area contributed by atoms with Gasteiger partial charge in [-0.05, 0) is 0 Å². The number of nitrogens with two attached hydrogens (primary N) is 1. The van der Waals surface area contributed by atoms with Crippen LogP contribution in [0.3, 0.4) is 0 Å².